The number of benzene rings is 3. The van der Waals surface area contributed by atoms with Crippen molar-refractivity contribution in [1.29, 1.82) is 0 Å². The molecule has 6 rings (SSSR count). The highest BCUT2D eigenvalue weighted by molar-refractivity contribution is 6.03. The number of aromatic carboxylic acids is 1. The lowest BCUT2D eigenvalue weighted by atomic mass is 10.1. The van der Waals surface area contributed by atoms with Crippen LogP contribution in [0.25, 0.3) is 0 Å². The Morgan fingerprint density at radius 1 is 0.526 bits per heavy atom. The Morgan fingerprint density at radius 2 is 0.859 bits per heavy atom. The van der Waals surface area contributed by atoms with E-state index in [-0.39, 0.29) is 76.4 Å². The van der Waals surface area contributed by atoms with Crippen LogP contribution >= 0.6 is 0 Å². The molecule has 424 valence electrons. The van der Waals surface area contributed by atoms with Gasteiger partial charge in [0.25, 0.3) is 11.8 Å². The molecule has 0 fully saturated rings. The molecule has 3 aromatic carbocycles. The number of ether oxygens (including phenoxy) is 2. The van der Waals surface area contributed by atoms with Crippen molar-refractivity contribution < 1.29 is 91.6 Å². The molecule has 29 heteroatoms. The summed E-state index contributed by atoms with van der Waals surface area (Å²) in [6.07, 6.45) is -14.6. The van der Waals surface area contributed by atoms with Crippen molar-refractivity contribution in [3.63, 3.8) is 0 Å². The third-order valence-corrected chi connectivity index (χ3v) is 9.34. The SMILES string of the molecule is CC(C)(C)OC(=O)NCc1cc(C(=O)O)on1.Cc1ccc(N)cc1C(F)(F)F.Cc1ccc(NC(=O)c2cc(CN)no2)cc1C(F)(F)F.Cc1ccc(NC(=O)c2cc(CNC(=O)OC(C)(C)C)no2)cc1C(F)(F)F. The number of carboxylic acid groups (broad SMARTS) is 1. The number of carbonyl (C=O) groups is 5. The van der Waals surface area contributed by atoms with Crippen molar-refractivity contribution in [1.82, 2.24) is 26.1 Å². The summed E-state index contributed by atoms with van der Waals surface area (Å²) in [5, 5.41) is 28.7. The van der Waals surface area contributed by atoms with Crippen molar-refractivity contribution in [3.8, 4) is 0 Å². The zero-order valence-corrected chi connectivity index (χ0v) is 43.0. The molecule has 0 saturated heterocycles. The van der Waals surface area contributed by atoms with Crippen LogP contribution in [0.2, 0.25) is 0 Å². The Kier molecular flexibility index (Phi) is 21.6. The zero-order chi connectivity index (χ0) is 59.1. The third kappa shape index (κ3) is 21.5. The summed E-state index contributed by atoms with van der Waals surface area (Å²) in [4.78, 5) is 57.3. The average molecular weight is 1120 g/mol. The summed E-state index contributed by atoms with van der Waals surface area (Å²) >= 11 is 0. The molecule has 0 spiro atoms. The van der Waals surface area contributed by atoms with Gasteiger partial charge in [0, 0.05) is 41.8 Å². The summed E-state index contributed by atoms with van der Waals surface area (Å²) < 4.78 is 138. The van der Waals surface area contributed by atoms with Gasteiger partial charge in [0.1, 0.15) is 22.6 Å². The van der Waals surface area contributed by atoms with E-state index in [4.69, 9.17) is 35.1 Å². The van der Waals surface area contributed by atoms with Crippen LogP contribution in [0, 0.1) is 20.8 Å². The molecule has 0 radical (unpaired) electrons. The number of carbonyl (C=O) groups excluding carboxylic acids is 4. The van der Waals surface area contributed by atoms with Crippen LogP contribution in [0.15, 0.2) is 86.4 Å². The third-order valence-electron chi connectivity index (χ3n) is 9.34. The molecule has 6 aromatic rings. The summed E-state index contributed by atoms with van der Waals surface area (Å²) in [7, 11) is 0. The fraction of sp³-hybridized carbons (Fsp3) is 0.347. The molecule has 0 atom stereocenters. The van der Waals surface area contributed by atoms with Crippen molar-refractivity contribution >= 4 is 47.0 Å². The first kappa shape index (κ1) is 63.7. The molecule has 0 aliphatic carbocycles. The number of amides is 4. The number of hydrogen-bond acceptors (Lipinski definition) is 15. The molecular formula is C49H54F9N9O11. The predicted molar refractivity (Wildman–Crippen MR) is 259 cm³/mol. The number of nitrogens with zero attached hydrogens (tertiary/aromatic N) is 3. The van der Waals surface area contributed by atoms with Crippen LogP contribution < -0.4 is 32.7 Å². The molecule has 78 heavy (non-hydrogen) atoms. The number of carboxylic acids is 1. The Balaban J connectivity index is 0.000000285. The first-order valence-electron chi connectivity index (χ1n) is 22.5. The number of aromatic nitrogens is 3. The van der Waals surface area contributed by atoms with Gasteiger partial charge in [-0.2, -0.15) is 39.5 Å². The van der Waals surface area contributed by atoms with Crippen LogP contribution in [0.5, 0.6) is 0 Å². The van der Waals surface area contributed by atoms with Gasteiger partial charge in [0.15, 0.2) is 0 Å². The zero-order valence-electron chi connectivity index (χ0n) is 43.0. The average Bonchev–Trinajstić information content (AvgIpc) is 4.11. The number of alkyl halides is 9. The molecule has 0 unspecified atom stereocenters. The van der Waals surface area contributed by atoms with E-state index in [0.717, 1.165) is 18.2 Å². The van der Waals surface area contributed by atoms with E-state index in [1.54, 1.807) is 41.5 Å². The van der Waals surface area contributed by atoms with E-state index in [1.807, 2.05) is 0 Å². The second-order valence-electron chi connectivity index (χ2n) is 18.3. The van der Waals surface area contributed by atoms with Crippen LogP contribution in [0.4, 0.5) is 66.2 Å². The molecule has 0 saturated carbocycles. The van der Waals surface area contributed by atoms with Gasteiger partial charge in [-0.05, 0) is 115 Å². The highest BCUT2D eigenvalue weighted by atomic mass is 19.4. The molecule has 9 N–H and O–H groups in total. The number of halogens is 9. The van der Waals surface area contributed by atoms with Crippen molar-refractivity contribution in [2.75, 3.05) is 16.4 Å². The maximum Gasteiger partial charge on any atom is 0.416 e. The Labute approximate surface area is 438 Å². The second kappa shape index (κ2) is 26.4. The largest absolute Gasteiger partial charge is 0.475 e. The monoisotopic (exact) mass is 1120 g/mol. The molecule has 20 nitrogen and oxygen atoms in total. The highest BCUT2D eigenvalue weighted by Crippen LogP contribution is 2.35. The minimum absolute atomic E-state index is 0.0172. The number of aryl methyl sites for hydroxylation is 3. The van der Waals surface area contributed by atoms with Crippen molar-refractivity contribution in [3.05, 3.63) is 141 Å². The van der Waals surface area contributed by atoms with E-state index >= 15 is 0 Å². The summed E-state index contributed by atoms with van der Waals surface area (Å²) in [6, 6.07) is 14.6. The molecule has 0 aliphatic heterocycles. The van der Waals surface area contributed by atoms with Gasteiger partial charge < -0.3 is 60.9 Å². The van der Waals surface area contributed by atoms with E-state index in [1.165, 1.54) is 75.4 Å². The van der Waals surface area contributed by atoms with Gasteiger partial charge in [0.05, 0.1) is 35.5 Å². The number of rotatable bonds is 10. The Bertz CT molecular complexity index is 3030. The lowest BCUT2D eigenvalue weighted by molar-refractivity contribution is -0.138. The number of nitrogens with two attached hydrogens (primary N) is 2. The predicted octanol–water partition coefficient (Wildman–Crippen LogP) is 11.0. The molecular weight excluding hydrogens is 1060 g/mol. The minimum atomic E-state index is -4.53. The molecule has 3 aromatic heterocycles. The lowest BCUT2D eigenvalue weighted by Gasteiger charge is -2.19. The molecule has 0 bridgehead atoms. The number of hydrogen-bond donors (Lipinski definition) is 7. The summed E-state index contributed by atoms with van der Waals surface area (Å²) in [5.41, 5.74) is 8.34. The van der Waals surface area contributed by atoms with Gasteiger partial charge in [0.2, 0.25) is 17.3 Å². The highest BCUT2D eigenvalue weighted by Gasteiger charge is 2.34. The smallest absolute Gasteiger partial charge is 0.416 e. The number of nitrogens with one attached hydrogen (secondary N) is 4. The van der Waals surface area contributed by atoms with Gasteiger partial charge in [-0.1, -0.05) is 33.7 Å². The number of nitrogen functional groups attached to an aromatic ring is 1. The summed E-state index contributed by atoms with van der Waals surface area (Å²) in [6.45, 7) is 14.5. The first-order valence-corrected chi connectivity index (χ1v) is 22.5. The normalized spacial score (nSPS) is 11.5. The van der Waals surface area contributed by atoms with Crippen LogP contribution in [-0.4, -0.2) is 61.7 Å². The van der Waals surface area contributed by atoms with Crippen LogP contribution in [-0.2, 0) is 47.6 Å². The fourth-order valence-electron chi connectivity index (χ4n) is 5.81. The Hall–Kier alpha value is -8.63. The molecule has 0 aliphatic rings. The first-order chi connectivity index (χ1) is 35.8. The maximum atomic E-state index is 13.0. The quantitative estimate of drug-likeness (QED) is 0.0495. The van der Waals surface area contributed by atoms with Crippen LogP contribution in [0.1, 0.15) is 124 Å². The molecule has 3 heterocycles. The van der Waals surface area contributed by atoms with E-state index in [2.05, 4.69) is 41.3 Å². The van der Waals surface area contributed by atoms with Gasteiger partial charge in [-0.3, -0.25) is 9.59 Å². The standard InChI is InChI=1S/C18H20F3N3O4.C13H12F3N3O2.C10H14N2O5.C8H8F3N/c1-10-5-6-11(7-13(10)18(19,20)21)23-15(25)14-8-12(24-28-14)9-22-16(26)27-17(2,3)4;1-7-2-3-8(4-10(7)13(14,15)16)18-12(20)11-5-9(6-17)19-21-11;1-10(2,3)16-9(15)11-5-6-4-7(8(13)14)17-12-6;1-5-2-3-6(12)4-7(5)8(9,10)11/h5-8H,9H2,1-4H3,(H,22,26)(H,23,25);2-5H,6,17H2,1H3,(H,18,20);4H,5H2,1-3H3,(H,11,15)(H,13,14);2-4H,12H2,1H3. The van der Waals surface area contributed by atoms with Crippen molar-refractivity contribution in [2.24, 2.45) is 5.73 Å². The van der Waals surface area contributed by atoms with Gasteiger partial charge >= 0.3 is 36.7 Å². The minimum Gasteiger partial charge on any atom is -0.475 e. The summed E-state index contributed by atoms with van der Waals surface area (Å²) in [5.74, 6) is -3.28. The molecule has 4 amide bonds. The van der Waals surface area contributed by atoms with Gasteiger partial charge in [-0.25, -0.2) is 14.4 Å². The topological polar surface area (TPSA) is 302 Å². The number of alkyl carbamates (subject to hydrolysis) is 2. The lowest BCUT2D eigenvalue weighted by Crippen LogP contribution is -2.32. The van der Waals surface area contributed by atoms with Crippen molar-refractivity contribution in [2.45, 2.75) is 112 Å². The fourth-order valence-corrected chi connectivity index (χ4v) is 5.81. The van der Waals surface area contributed by atoms with E-state index in [0.29, 0.717) is 11.4 Å². The van der Waals surface area contributed by atoms with E-state index < -0.39 is 76.4 Å². The van der Waals surface area contributed by atoms with Gasteiger partial charge in [-0.15, -0.1) is 0 Å². The Morgan fingerprint density at radius 3 is 1.18 bits per heavy atom. The van der Waals surface area contributed by atoms with E-state index in [9.17, 15) is 63.5 Å². The number of anilines is 3. The second-order valence-corrected chi connectivity index (χ2v) is 18.3. The maximum absolute atomic E-state index is 13.0. The van der Waals surface area contributed by atoms with Crippen LogP contribution in [0.3, 0.4) is 0 Å².